The molecule has 1 aliphatic heterocycles. The molecule has 8 heavy (non-hydrogen) atoms. The van der Waals surface area contributed by atoms with Crippen LogP contribution in [-0.4, -0.2) is 6.61 Å². The van der Waals surface area contributed by atoms with Gasteiger partial charge in [0.1, 0.15) is 19.4 Å². The summed E-state index contributed by atoms with van der Waals surface area (Å²) < 4.78 is 5.39. The average Bonchev–Trinajstić information content (AvgIpc) is 2.12. The SMILES string of the molecule is C1C[C+]2CC(C1)CO2. The molecule has 0 aromatic heterocycles. The van der Waals surface area contributed by atoms with E-state index in [9.17, 15) is 0 Å². The first kappa shape index (κ1) is 4.68. The molecule has 2 rings (SSSR count). The van der Waals surface area contributed by atoms with Crippen molar-refractivity contribution in [3.63, 3.8) is 0 Å². The molecule has 2 bridgehead atoms. The summed E-state index contributed by atoms with van der Waals surface area (Å²) in [5, 5.41) is 0. The zero-order valence-electron chi connectivity index (χ0n) is 5.02. The van der Waals surface area contributed by atoms with Crippen molar-refractivity contribution in [1.82, 2.24) is 0 Å². The van der Waals surface area contributed by atoms with E-state index in [4.69, 9.17) is 4.74 Å². The quantitative estimate of drug-likeness (QED) is 0.433. The van der Waals surface area contributed by atoms with Gasteiger partial charge in [0.2, 0.25) is 6.10 Å². The van der Waals surface area contributed by atoms with Crippen LogP contribution < -0.4 is 0 Å². The third-order valence-corrected chi connectivity index (χ3v) is 2.11. The maximum Gasteiger partial charge on any atom is 0.241 e. The Hall–Kier alpha value is -0.170. The number of hydrogen-bond acceptors (Lipinski definition) is 1. The van der Waals surface area contributed by atoms with Crippen molar-refractivity contribution in [2.45, 2.75) is 25.7 Å². The third-order valence-electron chi connectivity index (χ3n) is 2.11. The van der Waals surface area contributed by atoms with Gasteiger partial charge in [-0.05, 0) is 12.8 Å². The summed E-state index contributed by atoms with van der Waals surface area (Å²) in [5.41, 5.74) is 0. The number of rotatable bonds is 0. The normalized spacial score (nSPS) is 36.0. The Bertz CT molecular complexity index is 76.4. The molecule has 0 radical (unpaired) electrons. The summed E-state index contributed by atoms with van der Waals surface area (Å²) in [6.07, 6.45) is 6.68. The number of ether oxygens (including phenoxy) is 1. The minimum absolute atomic E-state index is 0.902. The van der Waals surface area contributed by atoms with E-state index in [1.54, 1.807) is 0 Å². The van der Waals surface area contributed by atoms with Crippen LogP contribution >= 0.6 is 0 Å². The van der Waals surface area contributed by atoms with Crippen LogP contribution in [0.2, 0.25) is 0 Å². The molecule has 2 aliphatic rings. The summed E-state index contributed by atoms with van der Waals surface area (Å²) in [5.74, 6) is 0.902. The standard InChI is InChI=1S/C7H11O/c1-2-6-4-7(3-1)8-5-6/h6H,1-5H2/q+1. The highest BCUT2D eigenvalue weighted by molar-refractivity contribution is 4.92. The van der Waals surface area contributed by atoms with E-state index in [1.807, 2.05) is 0 Å². The average molecular weight is 111 g/mol. The molecule has 1 saturated carbocycles. The summed E-state index contributed by atoms with van der Waals surface area (Å²) in [6, 6.07) is 0. The molecular weight excluding hydrogens is 100 g/mol. The van der Waals surface area contributed by atoms with E-state index in [0.717, 1.165) is 12.5 Å². The second kappa shape index (κ2) is 1.66. The lowest BCUT2D eigenvalue weighted by atomic mass is 9.91. The molecule has 1 heteroatoms. The maximum absolute atomic E-state index is 5.39. The largest absolute Gasteiger partial charge is 0.241 e. The molecule has 1 atom stereocenters. The summed E-state index contributed by atoms with van der Waals surface area (Å²) in [4.78, 5) is 0. The van der Waals surface area contributed by atoms with Crippen LogP contribution in [-0.2, 0) is 4.74 Å². The summed E-state index contributed by atoms with van der Waals surface area (Å²) >= 11 is 0. The number of fused-ring (bicyclic) bond motifs is 2. The Morgan fingerprint density at radius 1 is 1.50 bits per heavy atom. The molecular formula is C7H11O+. The van der Waals surface area contributed by atoms with Crippen LogP contribution in [0.5, 0.6) is 0 Å². The Balaban J connectivity index is 2.03. The fraction of sp³-hybridized carbons (Fsp3) is 0.857. The molecule has 1 aliphatic carbocycles. The van der Waals surface area contributed by atoms with Gasteiger partial charge in [0, 0.05) is 5.92 Å². The molecule has 1 unspecified atom stereocenters. The predicted molar refractivity (Wildman–Crippen MR) is 31.2 cm³/mol. The van der Waals surface area contributed by atoms with Gasteiger partial charge in [-0.15, -0.1) is 0 Å². The van der Waals surface area contributed by atoms with Crippen LogP contribution in [0, 0.1) is 12.0 Å². The van der Waals surface area contributed by atoms with Crippen LogP contribution in [0.15, 0.2) is 0 Å². The van der Waals surface area contributed by atoms with Gasteiger partial charge < -0.3 is 0 Å². The fourth-order valence-corrected chi connectivity index (χ4v) is 1.62. The molecule has 0 spiro atoms. The van der Waals surface area contributed by atoms with Crippen LogP contribution in [0.25, 0.3) is 0 Å². The molecule has 1 heterocycles. The van der Waals surface area contributed by atoms with Gasteiger partial charge in [0.25, 0.3) is 0 Å². The molecule has 1 nitrogen and oxygen atoms in total. The Kier molecular flexibility index (Phi) is 0.971. The maximum atomic E-state index is 5.39. The van der Waals surface area contributed by atoms with Crippen molar-refractivity contribution in [3.8, 4) is 0 Å². The first-order valence-corrected chi connectivity index (χ1v) is 3.42. The smallest absolute Gasteiger partial charge is 0.193 e. The predicted octanol–water partition coefficient (Wildman–Crippen LogP) is 1.74. The Labute approximate surface area is 50.0 Å². The van der Waals surface area contributed by atoms with Crippen LogP contribution in [0.4, 0.5) is 0 Å². The van der Waals surface area contributed by atoms with Gasteiger partial charge in [-0.25, -0.2) is 0 Å². The van der Waals surface area contributed by atoms with Crippen LogP contribution in [0.3, 0.4) is 0 Å². The first-order valence-electron chi connectivity index (χ1n) is 3.42. The van der Waals surface area contributed by atoms with E-state index in [0.29, 0.717) is 0 Å². The van der Waals surface area contributed by atoms with Gasteiger partial charge in [-0.3, -0.25) is 0 Å². The highest BCUT2D eigenvalue weighted by atomic mass is 16.5. The first-order chi connectivity index (χ1) is 3.95. The Morgan fingerprint density at radius 2 is 2.50 bits per heavy atom. The van der Waals surface area contributed by atoms with Gasteiger partial charge in [-0.1, -0.05) is 0 Å². The van der Waals surface area contributed by atoms with Gasteiger partial charge in [0.15, 0.2) is 0 Å². The second-order valence-corrected chi connectivity index (χ2v) is 2.81. The highest BCUT2D eigenvalue weighted by Gasteiger charge is 2.39. The second-order valence-electron chi connectivity index (χ2n) is 2.81. The van der Waals surface area contributed by atoms with Crippen molar-refractivity contribution in [1.29, 1.82) is 0 Å². The number of hydrogen-bond donors (Lipinski definition) is 0. The minimum atomic E-state index is 0.902. The van der Waals surface area contributed by atoms with E-state index in [-0.39, 0.29) is 0 Å². The molecule has 1 saturated heterocycles. The van der Waals surface area contributed by atoms with Gasteiger partial charge in [0.05, 0.1) is 0 Å². The molecule has 44 valence electrons. The van der Waals surface area contributed by atoms with Crippen molar-refractivity contribution in [2.24, 2.45) is 5.92 Å². The minimum Gasteiger partial charge on any atom is -0.193 e. The van der Waals surface area contributed by atoms with E-state index >= 15 is 0 Å². The zero-order valence-corrected chi connectivity index (χ0v) is 5.02. The van der Waals surface area contributed by atoms with Gasteiger partial charge in [-0.2, -0.15) is 4.74 Å². The summed E-state index contributed by atoms with van der Waals surface area (Å²) in [6.45, 7) is 1.02. The molecule has 0 N–H and O–H groups in total. The molecule has 0 amide bonds. The lowest BCUT2D eigenvalue weighted by Gasteiger charge is -2.04. The van der Waals surface area contributed by atoms with E-state index < -0.39 is 0 Å². The zero-order chi connectivity index (χ0) is 5.40. The van der Waals surface area contributed by atoms with Crippen molar-refractivity contribution in [2.75, 3.05) is 6.61 Å². The fourth-order valence-electron chi connectivity index (χ4n) is 1.62. The lowest BCUT2D eigenvalue weighted by Crippen LogP contribution is -2.03. The highest BCUT2D eigenvalue weighted by Crippen LogP contribution is 2.37. The molecule has 0 aromatic rings. The Morgan fingerprint density at radius 3 is 3.25 bits per heavy atom. The topological polar surface area (TPSA) is 9.23 Å². The molecule has 2 fully saturated rings. The van der Waals surface area contributed by atoms with E-state index in [2.05, 4.69) is 0 Å². The van der Waals surface area contributed by atoms with Crippen molar-refractivity contribution >= 4 is 0 Å². The lowest BCUT2D eigenvalue weighted by molar-refractivity contribution is 0.190. The van der Waals surface area contributed by atoms with Crippen molar-refractivity contribution < 1.29 is 4.74 Å². The monoisotopic (exact) mass is 111 g/mol. The third kappa shape index (κ3) is 0.618. The summed E-state index contributed by atoms with van der Waals surface area (Å²) in [7, 11) is 0. The van der Waals surface area contributed by atoms with Crippen LogP contribution in [0.1, 0.15) is 25.7 Å². The van der Waals surface area contributed by atoms with Crippen molar-refractivity contribution in [3.05, 3.63) is 6.10 Å². The van der Waals surface area contributed by atoms with E-state index in [1.165, 1.54) is 31.8 Å². The molecule has 0 aromatic carbocycles. The van der Waals surface area contributed by atoms with Gasteiger partial charge >= 0.3 is 0 Å².